The molecule has 0 aliphatic carbocycles. The molecule has 2 aliphatic heterocycles. The summed E-state index contributed by atoms with van der Waals surface area (Å²) in [6, 6.07) is 7.34. The van der Waals surface area contributed by atoms with Gasteiger partial charge in [-0.1, -0.05) is 0 Å². The minimum atomic E-state index is -0.426. The van der Waals surface area contributed by atoms with Crippen molar-refractivity contribution in [1.29, 1.82) is 0 Å². The Kier molecular flexibility index (Phi) is 11.6. The molecule has 40 heavy (non-hydrogen) atoms. The van der Waals surface area contributed by atoms with E-state index in [1.54, 1.807) is 42.7 Å². The van der Waals surface area contributed by atoms with Crippen LogP contribution in [0.15, 0.2) is 24.3 Å². The van der Waals surface area contributed by atoms with Gasteiger partial charge in [0.05, 0.1) is 54.9 Å². The number of likely N-dealkylation sites (N-methyl/N-ethyl adjacent to an activating group) is 2. The second kappa shape index (κ2) is 14.6. The number of hydrogen-bond acceptors (Lipinski definition) is 10. The molecule has 0 saturated carbocycles. The third kappa shape index (κ3) is 7.23. The Hall–Kier alpha value is -2.92. The summed E-state index contributed by atoms with van der Waals surface area (Å²) in [7, 11) is 13.7. The van der Waals surface area contributed by atoms with Crippen LogP contribution in [0.2, 0.25) is 0 Å². The summed E-state index contributed by atoms with van der Waals surface area (Å²) >= 11 is 0. The molecule has 0 aromatic heterocycles. The summed E-state index contributed by atoms with van der Waals surface area (Å²) in [5, 5.41) is 20.8. The first-order valence-corrected chi connectivity index (χ1v) is 13.5. The Balaban J connectivity index is 0.000000220. The molecular formula is C30H46N2O8. The highest BCUT2D eigenvalue weighted by molar-refractivity contribution is 5.54. The molecule has 2 aromatic rings. The third-order valence-corrected chi connectivity index (χ3v) is 7.82. The minimum absolute atomic E-state index is 0.0157. The van der Waals surface area contributed by atoms with Gasteiger partial charge in [0.15, 0.2) is 0 Å². The van der Waals surface area contributed by atoms with Crippen LogP contribution in [0.25, 0.3) is 0 Å². The summed E-state index contributed by atoms with van der Waals surface area (Å²) in [6.07, 6.45) is 0.892. The zero-order valence-electron chi connectivity index (χ0n) is 25.1. The molecule has 2 fully saturated rings. The van der Waals surface area contributed by atoms with Gasteiger partial charge in [0, 0.05) is 60.3 Å². The lowest BCUT2D eigenvalue weighted by molar-refractivity contribution is 0.0618. The topological polar surface area (TPSA) is 102 Å². The molecule has 2 saturated heterocycles. The van der Waals surface area contributed by atoms with Gasteiger partial charge in [0.2, 0.25) is 0 Å². The van der Waals surface area contributed by atoms with E-state index >= 15 is 0 Å². The number of rotatable bonds is 8. The zero-order valence-corrected chi connectivity index (χ0v) is 25.1. The Morgan fingerprint density at radius 3 is 1.07 bits per heavy atom. The van der Waals surface area contributed by atoms with Crippen molar-refractivity contribution >= 4 is 0 Å². The SMILES string of the molecule is COc1cc(OC)c([C@H]2CCN(C)C[C@H]2O)c(OC)c1.COc1cc(OC)c([C@H]2CCN(C)C[C@H]2O)c(OC)c1. The average Bonchev–Trinajstić information content (AvgIpc) is 2.96. The molecule has 0 spiro atoms. The Morgan fingerprint density at radius 1 is 0.550 bits per heavy atom. The average molecular weight is 563 g/mol. The second-order valence-electron chi connectivity index (χ2n) is 10.3. The first kappa shape index (κ1) is 31.6. The van der Waals surface area contributed by atoms with Gasteiger partial charge in [0.25, 0.3) is 0 Å². The van der Waals surface area contributed by atoms with Crippen LogP contribution < -0.4 is 28.4 Å². The highest BCUT2D eigenvalue weighted by Gasteiger charge is 2.33. The number of hydrogen-bond donors (Lipinski definition) is 2. The maximum atomic E-state index is 10.4. The van der Waals surface area contributed by atoms with E-state index in [-0.39, 0.29) is 11.8 Å². The van der Waals surface area contributed by atoms with E-state index in [0.29, 0.717) is 47.6 Å². The van der Waals surface area contributed by atoms with Crippen molar-refractivity contribution in [3.05, 3.63) is 35.4 Å². The van der Waals surface area contributed by atoms with Crippen LogP contribution in [0.4, 0.5) is 0 Å². The number of aliphatic hydroxyl groups excluding tert-OH is 2. The minimum Gasteiger partial charge on any atom is -0.496 e. The van der Waals surface area contributed by atoms with E-state index in [1.165, 1.54) is 0 Å². The normalized spacial score (nSPS) is 23.4. The molecule has 4 atom stereocenters. The molecule has 0 radical (unpaired) electrons. The van der Waals surface area contributed by atoms with Crippen LogP contribution in [0.1, 0.15) is 35.8 Å². The van der Waals surface area contributed by atoms with E-state index in [0.717, 1.165) is 37.1 Å². The third-order valence-electron chi connectivity index (χ3n) is 7.82. The summed E-state index contributed by atoms with van der Waals surface area (Å²) in [6.45, 7) is 3.20. The Bertz CT molecular complexity index is 962. The summed E-state index contributed by atoms with van der Waals surface area (Å²) in [4.78, 5) is 4.26. The number of methoxy groups -OCH3 is 6. The Morgan fingerprint density at radius 2 is 0.850 bits per heavy atom. The fourth-order valence-corrected chi connectivity index (χ4v) is 5.65. The molecule has 2 aliphatic rings. The van der Waals surface area contributed by atoms with Crippen molar-refractivity contribution in [2.75, 3.05) is 82.9 Å². The first-order chi connectivity index (χ1) is 19.2. The van der Waals surface area contributed by atoms with Gasteiger partial charge in [-0.05, 0) is 40.0 Å². The van der Waals surface area contributed by atoms with Gasteiger partial charge in [-0.2, -0.15) is 0 Å². The number of piperidine rings is 2. The predicted octanol–water partition coefficient (Wildman–Crippen LogP) is 2.98. The number of β-amino-alcohol motifs (C(OH)–C–C–N with tert-alkyl or cyclic N) is 2. The van der Waals surface area contributed by atoms with Gasteiger partial charge in [0.1, 0.15) is 34.5 Å². The summed E-state index contributed by atoms with van der Waals surface area (Å²) in [5.41, 5.74) is 1.85. The quantitative estimate of drug-likeness (QED) is 0.499. The fourth-order valence-electron chi connectivity index (χ4n) is 5.65. The van der Waals surface area contributed by atoms with Gasteiger partial charge < -0.3 is 48.4 Å². The van der Waals surface area contributed by atoms with Crippen LogP contribution in [-0.2, 0) is 0 Å². The maximum Gasteiger partial charge on any atom is 0.129 e. The number of likely N-dealkylation sites (tertiary alicyclic amines) is 2. The second-order valence-corrected chi connectivity index (χ2v) is 10.3. The molecule has 2 heterocycles. The number of aliphatic hydroxyl groups is 2. The van der Waals surface area contributed by atoms with Crippen molar-refractivity contribution in [1.82, 2.24) is 9.80 Å². The molecule has 10 nitrogen and oxygen atoms in total. The van der Waals surface area contributed by atoms with E-state index in [4.69, 9.17) is 28.4 Å². The van der Waals surface area contributed by atoms with Crippen LogP contribution >= 0.6 is 0 Å². The standard InChI is InChI=1S/2C15H23NO4/c2*1-16-6-5-11(12(17)9-16)15-13(19-3)7-10(18-2)8-14(15)20-4/h2*7-8,11-12,17H,5-6,9H2,1-4H3/t2*11-,12+/m00/s1. The molecular weight excluding hydrogens is 516 g/mol. The van der Waals surface area contributed by atoms with Crippen molar-refractivity contribution in [3.63, 3.8) is 0 Å². The molecule has 2 aromatic carbocycles. The monoisotopic (exact) mass is 562 g/mol. The van der Waals surface area contributed by atoms with E-state index < -0.39 is 12.2 Å². The van der Waals surface area contributed by atoms with Crippen LogP contribution in [0.3, 0.4) is 0 Å². The zero-order chi connectivity index (χ0) is 29.4. The van der Waals surface area contributed by atoms with Gasteiger partial charge in [-0.3, -0.25) is 0 Å². The first-order valence-electron chi connectivity index (χ1n) is 13.5. The van der Waals surface area contributed by atoms with Crippen LogP contribution in [0, 0.1) is 0 Å². The van der Waals surface area contributed by atoms with Crippen molar-refractivity contribution in [3.8, 4) is 34.5 Å². The van der Waals surface area contributed by atoms with Gasteiger partial charge in [-0.15, -0.1) is 0 Å². The van der Waals surface area contributed by atoms with Crippen molar-refractivity contribution in [2.24, 2.45) is 0 Å². The molecule has 4 rings (SSSR count). The molecule has 0 unspecified atom stereocenters. The smallest absolute Gasteiger partial charge is 0.129 e. The number of benzene rings is 2. The molecule has 0 amide bonds. The van der Waals surface area contributed by atoms with Crippen LogP contribution in [0.5, 0.6) is 34.5 Å². The molecule has 10 heteroatoms. The molecule has 224 valence electrons. The van der Waals surface area contributed by atoms with E-state index in [1.807, 2.05) is 38.4 Å². The lowest BCUT2D eigenvalue weighted by Gasteiger charge is -2.35. The largest absolute Gasteiger partial charge is 0.496 e. The number of ether oxygens (including phenoxy) is 6. The molecule has 2 N–H and O–H groups in total. The maximum absolute atomic E-state index is 10.4. The van der Waals surface area contributed by atoms with Crippen LogP contribution in [-0.4, -0.2) is 115 Å². The summed E-state index contributed by atoms with van der Waals surface area (Å²) < 4.78 is 32.4. The Labute approximate surface area is 238 Å². The van der Waals surface area contributed by atoms with Crippen molar-refractivity contribution < 1.29 is 38.6 Å². The number of nitrogens with zero attached hydrogens (tertiary/aromatic N) is 2. The lowest BCUT2D eigenvalue weighted by atomic mass is 9.86. The van der Waals surface area contributed by atoms with Crippen molar-refractivity contribution in [2.45, 2.75) is 36.9 Å². The van der Waals surface area contributed by atoms with Gasteiger partial charge >= 0.3 is 0 Å². The van der Waals surface area contributed by atoms with Gasteiger partial charge in [-0.25, -0.2) is 0 Å². The summed E-state index contributed by atoms with van der Waals surface area (Å²) in [5.74, 6) is 4.22. The van der Waals surface area contributed by atoms with E-state index in [2.05, 4.69) is 9.80 Å². The van der Waals surface area contributed by atoms with E-state index in [9.17, 15) is 10.2 Å². The predicted molar refractivity (Wildman–Crippen MR) is 154 cm³/mol. The fraction of sp³-hybridized carbons (Fsp3) is 0.600. The lowest BCUT2D eigenvalue weighted by Crippen LogP contribution is -2.40. The highest BCUT2D eigenvalue weighted by Crippen LogP contribution is 2.44. The molecule has 0 bridgehead atoms. The highest BCUT2D eigenvalue weighted by atomic mass is 16.5.